The molecule has 4 aromatic rings. The Morgan fingerprint density at radius 1 is 0.739 bits per heavy atom. The van der Waals surface area contributed by atoms with Crippen molar-refractivity contribution in [2.24, 2.45) is 0 Å². The van der Waals surface area contributed by atoms with E-state index in [1.165, 1.54) is 0 Å². The molecule has 0 N–H and O–H groups in total. The van der Waals surface area contributed by atoms with Gasteiger partial charge in [0.05, 0.1) is 0 Å². The Labute approximate surface area is 130 Å². The van der Waals surface area contributed by atoms with E-state index < -0.39 is 11.7 Å². The number of halogens is 3. The average Bonchev–Trinajstić information content (AvgIpc) is 2.96. The summed E-state index contributed by atoms with van der Waals surface area (Å²) < 4.78 is 46.9. The second-order valence-electron chi connectivity index (χ2n) is 5.33. The molecule has 0 unspecified atom stereocenters. The molecule has 0 saturated carbocycles. The van der Waals surface area contributed by atoms with Crippen LogP contribution >= 0.6 is 0 Å². The Morgan fingerprint density at radius 2 is 1.43 bits per heavy atom. The van der Waals surface area contributed by atoms with Gasteiger partial charge in [0.25, 0.3) is 0 Å². The maximum atomic E-state index is 13.8. The van der Waals surface area contributed by atoms with Gasteiger partial charge in [-0.2, -0.15) is 13.2 Å². The maximum absolute atomic E-state index is 13.8. The highest BCUT2D eigenvalue weighted by atomic mass is 19.4. The van der Waals surface area contributed by atoms with E-state index in [2.05, 4.69) is 0 Å². The topological polar surface area (TPSA) is 13.1 Å². The standard InChI is InChI=1S/C19H11F3O/c20-19(21,22)17-16-14-9-5-4-6-12(14)10-11-15(16)23-18(17)13-7-2-1-3-8-13/h1-11H. The van der Waals surface area contributed by atoms with E-state index in [1.54, 1.807) is 66.7 Å². The molecule has 23 heavy (non-hydrogen) atoms. The van der Waals surface area contributed by atoms with E-state index in [9.17, 15) is 13.2 Å². The molecule has 0 aliphatic rings. The number of rotatable bonds is 1. The molecule has 0 amide bonds. The van der Waals surface area contributed by atoms with Crippen LogP contribution in [-0.2, 0) is 6.18 Å². The summed E-state index contributed by atoms with van der Waals surface area (Å²) in [6.45, 7) is 0. The fourth-order valence-corrected chi connectivity index (χ4v) is 2.93. The third-order valence-corrected chi connectivity index (χ3v) is 3.90. The first-order valence-electron chi connectivity index (χ1n) is 7.12. The van der Waals surface area contributed by atoms with Crippen molar-refractivity contribution < 1.29 is 17.6 Å². The average molecular weight is 312 g/mol. The van der Waals surface area contributed by atoms with Crippen LogP contribution in [-0.4, -0.2) is 0 Å². The van der Waals surface area contributed by atoms with E-state index in [4.69, 9.17) is 4.42 Å². The quantitative estimate of drug-likeness (QED) is 0.403. The van der Waals surface area contributed by atoms with Crippen molar-refractivity contribution in [2.75, 3.05) is 0 Å². The Hall–Kier alpha value is -2.75. The summed E-state index contributed by atoms with van der Waals surface area (Å²) in [5.74, 6) is -0.135. The number of hydrogen-bond donors (Lipinski definition) is 0. The van der Waals surface area contributed by atoms with Crippen molar-refractivity contribution in [1.82, 2.24) is 0 Å². The van der Waals surface area contributed by atoms with Crippen LogP contribution in [0.5, 0.6) is 0 Å². The van der Waals surface area contributed by atoms with Crippen LogP contribution in [0.4, 0.5) is 13.2 Å². The minimum Gasteiger partial charge on any atom is -0.455 e. The van der Waals surface area contributed by atoms with Gasteiger partial charge < -0.3 is 4.42 Å². The zero-order chi connectivity index (χ0) is 16.0. The number of hydrogen-bond acceptors (Lipinski definition) is 1. The first kappa shape index (κ1) is 13.9. The third-order valence-electron chi connectivity index (χ3n) is 3.90. The zero-order valence-electron chi connectivity index (χ0n) is 11.9. The summed E-state index contributed by atoms with van der Waals surface area (Å²) in [7, 11) is 0. The molecule has 0 aliphatic heterocycles. The van der Waals surface area contributed by atoms with Gasteiger partial charge in [0.1, 0.15) is 16.9 Å². The Kier molecular flexibility index (Phi) is 2.94. The van der Waals surface area contributed by atoms with Gasteiger partial charge in [-0.1, -0.05) is 60.7 Å². The van der Waals surface area contributed by atoms with Gasteiger partial charge in [0.2, 0.25) is 0 Å². The van der Waals surface area contributed by atoms with Crippen molar-refractivity contribution in [3.63, 3.8) is 0 Å². The minimum atomic E-state index is -4.50. The molecule has 0 spiro atoms. The smallest absolute Gasteiger partial charge is 0.420 e. The first-order chi connectivity index (χ1) is 11.1. The van der Waals surface area contributed by atoms with Gasteiger partial charge >= 0.3 is 6.18 Å². The van der Waals surface area contributed by atoms with E-state index in [-0.39, 0.29) is 16.7 Å². The Morgan fingerprint density at radius 3 is 2.17 bits per heavy atom. The molecule has 1 nitrogen and oxygen atoms in total. The molecule has 4 rings (SSSR count). The number of benzene rings is 3. The molecule has 114 valence electrons. The summed E-state index contributed by atoms with van der Waals surface area (Å²) >= 11 is 0. The largest absolute Gasteiger partial charge is 0.455 e. The molecule has 4 heteroatoms. The van der Waals surface area contributed by atoms with E-state index in [1.807, 2.05) is 0 Å². The number of fused-ring (bicyclic) bond motifs is 3. The fourth-order valence-electron chi connectivity index (χ4n) is 2.93. The second-order valence-corrected chi connectivity index (χ2v) is 5.33. The molecular formula is C19H11F3O. The lowest BCUT2D eigenvalue weighted by Crippen LogP contribution is -2.05. The van der Waals surface area contributed by atoms with E-state index in [0.717, 1.165) is 5.39 Å². The number of furan rings is 1. The molecule has 1 aromatic heterocycles. The molecule has 1 heterocycles. The summed E-state index contributed by atoms with van der Waals surface area (Å²) in [4.78, 5) is 0. The van der Waals surface area contributed by atoms with E-state index in [0.29, 0.717) is 10.9 Å². The Bertz CT molecular complexity index is 998. The molecule has 0 aliphatic carbocycles. The van der Waals surface area contributed by atoms with Crippen molar-refractivity contribution in [2.45, 2.75) is 6.18 Å². The van der Waals surface area contributed by atoms with Crippen molar-refractivity contribution in [3.05, 3.63) is 72.3 Å². The summed E-state index contributed by atoms with van der Waals surface area (Å²) in [5.41, 5.74) is -0.0505. The SMILES string of the molecule is FC(F)(F)c1c(-c2ccccc2)oc2ccc3ccccc3c12. The van der Waals surface area contributed by atoms with Crippen molar-refractivity contribution >= 4 is 21.7 Å². The van der Waals surface area contributed by atoms with Crippen LogP contribution in [0.15, 0.2) is 71.1 Å². The molecule has 0 bridgehead atoms. The lowest BCUT2D eigenvalue weighted by Gasteiger charge is -2.08. The summed E-state index contributed by atoms with van der Waals surface area (Å²) in [5, 5.41) is 1.42. The molecule has 3 aromatic carbocycles. The second kappa shape index (κ2) is 4.88. The monoisotopic (exact) mass is 312 g/mol. The van der Waals surface area contributed by atoms with E-state index >= 15 is 0 Å². The van der Waals surface area contributed by atoms with Gasteiger partial charge in [-0.15, -0.1) is 0 Å². The molecule has 0 atom stereocenters. The lowest BCUT2D eigenvalue weighted by molar-refractivity contribution is -0.136. The third kappa shape index (κ3) is 2.18. The predicted molar refractivity (Wildman–Crippen MR) is 84.2 cm³/mol. The van der Waals surface area contributed by atoms with Gasteiger partial charge in [0.15, 0.2) is 0 Å². The molecule has 0 radical (unpaired) electrons. The first-order valence-corrected chi connectivity index (χ1v) is 7.12. The van der Waals surface area contributed by atoms with Crippen LogP contribution in [0.3, 0.4) is 0 Å². The van der Waals surface area contributed by atoms with Gasteiger partial charge in [-0.3, -0.25) is 0 Å². The summed E-state index contributed by atoms with van der Waals surface area (Å²) in [6, 6.07) is 18.8. The molecule has 0 fully saturated rings. The highest BCUT2D eigenvalue weighted by molar-refractivity contribution is 6.09. The van der Waals surface area contributed by atoms with Crippen molar-refractivity contribution in [1.29, 1.82) is 0 Å². The van der Waals surface area contributed by atoms with Crippen LogP contribution in [0.1, 0.15) is 5.56 Å². The minimum absolute atomic E-state index is 0.120. The van der Waals surface area contributed by atoms with Crippen LogP contribution in [0.25, 0.3) is 33.1 Å². The fraction of sp³-hybridized carbons (Fsp3) is 0.0526. The van der Waals surface area contributed by atoms with Crippen LogP contribution in [0.2, 0.25) is 0 Å². The zero-order valence-corrected chi connectivity index (χ0v) is 11.9. The predicted octanol–water partition coefficient (Wildman–Crippen LogP) is 6.27. The lowest BCUT2D eigenvalue weighted by atomic mass is 10.00. The highest BCUT2D eigenvalue weighted by Gasteiger charge is 2.39. The normalized spacial score (nSPS) is 12.1. The summed E-state index contributed by atoms with van der Waals surface area (Å²) in [6.07, 6.45) is -4.50. The maximum Gasteiger partial charge on any atom is 0.420 e. The van der Waals surface area contributed by atoms with Crippen LogP contribution < -0.4 is 0 Å². The van der Waals surface area contributed by atoms with Gasteiger partial charge in [-0.05, 0) is 16.8 Å². The molecule has 0 saturated heterocycles. The molecular weight excluding hydrogens is 301 g/mol. The Balaban J connectivity index is 2.18. The van der Waals surface area contributed by atoms with Gasteiger partial charge in [-0.25, -0.2) is 0 Å². The number of alkyl halides is 3. The highest BCUT2D eigenvalue weighted by Crippen LogP contribution is 2.45. The van der Waals surface area contributed by atoms with Crippen molar-refractivity contribution in [3.8, 4) is 11.3 Å². The van der Waals surface area contributed by atoms with Gasteiger partial charge in [0, 0.05) is 10.9 Å². The van der Waals surface area contributed by atoms with Crippen LogP contribution in [0, 0.1) is 0 Å².